The Labute approximate surface area is 101 Å². The van der Waals surface area contributed by atoms with E-state index in [0.29, 0.717) is 5.69 Å². The first kappa shape index (κ1) is 10.4. The van der Waals surface area contributed by atoms with Gasteiger partial charge >= 0.3 is 0 Å². The van der Waals surface area contributed by atoms with E-state index in [1.807, 2.05) is 25.2 Å². The summed E-state index contributed by atoms with van der Waals surface area (Å²) < 4.78 is 0. The number of hydrogen-bond donors (Lipinski definition) is 2. The summed E-state index contributed by atoms with van der Waals surface area (Å²) in [5.74, 6) is 0.153. The highest BCUT2D eigenvalue weighted by Gasteiger charge is 2.46. The molecule has 0 bridgehead atoms. The average Bonchev–Trinajstić information content (AvgIpc) is 2.32. The molecule has 0 saturated heterocycles. The van der Waals surface area contributed by atoms with Crippen LogP contribution in [0.1, 0.15) is 19.3 Å². The molecule has 1 aliphatic heterocycles. The van der Waals surface area contributed by atoms with Crippen LogP contribution < -0.4 is 16.0 Å². The smallest absolute Gasteiger partial charge is 0.232 e. The zero-order valence-electron chi connectivity index (χ0n) is 9.99. The van der Waals surface area contributed by atoms with Gasteiger partial charge in [-0.3, -0.25) is 4.79 Å². The first-order valence-corrected chi connectivity index (χ1v) is 6.03. The highest BCUT2D eigenvalue weighted by atomic mass is 16.2. The maximum atomic E-state index is 12.3. The summed E-state index contributed by atoms with van der Waals surface area (Å²) >= 11 is 0. The molecule has 3 rings (SSSR count). The topological polar surface area (TPSA) is 58.4 Å². The fourth-order valence-electron chi connectivity index (χ4n) is 2.84. The number of nitrogens with zero attached hydrogens (tertiary/aromatic N) is 1. The number of nitrogen functional groups attached to an aromatic ring is 1. The lowest BCUT2D eigenvalue weighted by atomic mass is 9.68. The molecule has 2 aliphatic rings. The Morgan fingerprint density at radius 2 is 2.18 bits per heavy atom. The van der Waals surface area contributed by atoms with E-state index in [1.54, 1.807) is 0 Å². The number of fused-ring (bicyclic) bond motifs is 1. The molecule has 4 nitrogen and oxygen atoms in total. The molecule has 1 heterocycles. The van der Waals surface area contributed by atoms with Crippen LogP contribution in [0.2, 0.25) is 0 Å². The zero-order valence-corrected chi connectivity index (χ0v) is 9.99. The van der Waals surface area contributed by atoms with Crippen molar-refractivity contribution in [1.29, 1.82) is 0 Å². The van der Waals surface area contributed by atoms with Gasteiger partial charge in [-0.15, -0.1) is 0 Å². The third-order valence-electron chi connectivity index (χ3n) is 4.01. The minimum Gasteiger partial charge on any atom is -0.399 e. The Morgan fingerprint density at radius 3 is 2.82 bits per heavy atom. The third-order valence-corrected chi connectivity index (χ3v) is 4.01. The van der Waals surface area contributed by atoms with Gasteiger partial charge in [0, 0.05) is 19.3 Å². The van der Waals surface area contributed by atoms with Gasteiger partial charge in [-0.2, -0.15) is 0 Å². The second kappa shape index (κ2) is 3.39. The fraction of sp³-hybridized carbons (Fsp3) is 0.462. The maximum absolute atomic E-state index is 12.3. The SMILES string of the molecule is CN1CC2(CCC2)C(=O)Nc2cc(N)ccc21. The summed E-state index contributed by atoms with van der Waals surface area (Å²) in [6.07, 6.45) is 3.14. The summed E-state index contributed by atoms with van der Waals surface area (Å²) in [5.41, 5.74) is 8.16. The van der Waals surface area contributed by atoms with Crippen LogP contribution in [0.5, 0.6) is 0 Å². The number of benzene rings is 1. The minimum atomic E-state index is -0.178. The molecule has 0 aromatic heterocycles. The monoisotopic (exact) mass is 231 g/mol. The van der Waals surface area contributed by atoms with Crippen LogP contribution in [0, 0.1) is 5.41 Å². The third kappa shape index (κ3) is 1.47. The highest BCUT2D eigenvalue weighted by Crippen LogP contribution is 2.46. The number of hydrogen-bond acceptors (Lipinski definition) is 3. The van der Waals surface area contributed by atoms with Crippen molar-refractivity contribution in [2.45, 2.75) is 19.3 Å². The van der Waals surface area contributed by atoms with E-state index in [-0.39, 0.29) is 11.3 Å². The zero-order chi connectivity index (χ0) is 12.0. The maximum Gasteiger partial charge on any atom is 0.232 e. The Morgan fingerprint density at radius 1 is 1.41 bits per heavy atom. The molecule has 1 fully saturated rings. The van der Waals surface area contributed by atoms with Crippen LogP contribution >= 0.6 is 0 Å². The van der Waals surface area contributed by atoms with Crippen LogP contribution in [-0.4, -0.2) is 19.5 Å². The van der Waals surface area contributed by atoms with E-state index in [2.05, 4.69) is 10.2 Å². The van der Waals surface area contributed by atoms with Crippen molar-refractivity contribution in [1.82, 2.24) is 0 Å². The lowest BCUT2D eigenvalue weighted by Crippen LogP contribution is -2.47. The summed E-state index contributed by atoms with van der Waals surface area (Å²) in [6, 6.07) is 5.68. The molecule has 0 unspecified atom stereocenters. The Bertz CT molecular complexity index is 480. The van der Waals surface area contributed by atoms with Crippen molar-refractivity contribution in [2.75, 3.05) is 29.5 Å². The first-order valence-electron chi connectivity index (χ1n) is 6.03. The largest absolute Gasteiger partial charge is 0.399 e. The van der Waals surface area contributed by atoms with E-state index < -0.39 is 0 Å². The normalized spacial score (nSPS) is 21.5. The van der Waals surface area contributed by atoms with Gasteiger partial charge in [-0.1, -0.05) is 6.42 Å². The molecule has 4 heteroatoms. The summed E-state index contributed by atoms with van der Waals surface area (Å²) in [4.78, 5) is 14.4. The van der Waals surface area contributed by atoms with E-state index in [9.17, 15) is 4.79 Å². The Balaban J connectivity index is 2.03. The van der Waals surface area contributed by atoms with Crippen molar-refractivity contribution in [3.63, 3.8) is 0 Å². The number of carbonyl (C=O) groups excluding carboxylic acids is 1. The van der Waals surface area contributed by atoms with Gasteiger partial charge in [0.15, 0.2) is 0 Å². The summed E-state index contributed by atoms with van der Waals surface area (Å²) in [6.45, 7) is 0.801. The van der Waals surface area contributed by atoms with Crippen LogP contribution in [0.4, 0.5) is 17.1 Å². The predicted molar refractivity (Wildman–Crippen MR) is 69.0 cm³/mol. The Kier molecular flexibility index (Phi) is 2.08. The molecular weight excluding hydrogens is 214 g/mol. The molecular formula is C13H17N3O. The van der Waals surface area contributed by atoms with Crippen LogP contribution in [-0.2, 0) is 4.79 Å². The highest BCUT2D eigenvalue weighted by molar-refractivity contribution is 6.01. The van der Waals surface area contributed by atoms with Gasteiger partial charge in [0.25, 0.3) is 0 Å². The summed E-state index contributed by atoms with van der Waals surface area (Å²) in [7, 11) is 2.04. The molecule has 0 atom stereocenters. The fourth-order valence-corrected chi connectivity index (χ4v) is 2.84. The number of carbonyl (C=O) groups is 1. The van der Waals surface area contributed by atoms with E-state index >= 15 is 0 Å². The quantitative estimate of drug-likeness (QED) is 0.670. The average molecular weight is 231 g/mol. The number of nitrogens with two attached hydrogens (primary N) is 1. The molecule has 17 heavy (non-hydrogen) atoms. The molecule has 0 radical (unpaired) electrons. The van der Waals surface area contributed by atoms with E-state index in [4.69, 9.17) is 5.73 Å². The molecule has 1 aromatic carbocycles. The van der Waals surface area contributed by atoms with E-state index in [0.717, 1.165) is 37.2 Å². The summed E-state index contributed by atoms with van der Waals surface area (Å²) in [5, 5.41) is 3.03. The second-order valence-electron chi connectivity index (χ2n) is 5.22. The molecule has 3 N–H and O–H groups in total. The predicted octanol–water partition coefficient (Wildman–Crippen LogP) is 1.83. The lowest BCUT2D eigenvalue weighted by Gasteiger charge is -2.40. The standard InChI is InChI=1S/C13H17N3O/c1-16-8-13(5-2-6-13)12(17)15-10-7-9(14)3-4-11(10)16/h3-4,7H,2,5-6,8,14H2,1H3,(H,15,17). The molecule has 1 saturated carbocycles. The number of amides is 1. The molecule has 1 aromatic rings. The number of rotatable bonds is 0. The van der Waals surface area contributed by atoms with E-state index in [1.165, 1.54) is 0 Å². The van der Waals surface area contributed by atoms with Crippen LogP contribution in [0.25, 0.3) is 0 Å². The van der Waals surface area contributed by atoms with Crippen molar-refractivity contribution in [3.05, 3.63) is 18.2 Å². The van der Waals surface area contributed by atoms with Crippen molar-refractivity contribution in [3.8, 4) is 0 Å². The van der Waals surface area contributed by atoms with Gasteiger partial charge in [0.05, 0.1) is 16.8 Å². The number of anilines is 3. The van der Waals surface area contributed by atoms with Crippen LogP contribution in [0.3, 0.4) is 0 Å². The molecule has 1 aliphatic carbocycles. The van der Waals surface area contributed by atoms with Crippen LogP contribution in [0.15, 0.2) is 18.2 Å². The lowest BCUT2D eigenvalue weighted by molar-refractivity contribution is -0.129. The molecule has 90 valence electrons. The number of nitrogens with one attached hydrogen (secondary N) is 1. The van der Waals surface area contributed by atoms with Crippen molar-refractivity contribution < 1.29 is 4.79 Å². The van der Waals surface area contributed by atoms with Gasteiger partial charge < -0.3 is 16.0 Å². The van der Waals surface area contributed by atoms with Crippen molar-refractivity contribution >= 4 is 23.0 Å². The van der Waals surface area contributed by atoms with Gasteiger partial charge in [0.1, 0.15) is 0 Å². The molecule has 1 spiro atoms. The first-order chi connectivity index (χ1) is 8.11. The van der Waals surface area contributed by atoms with Gasteiger partial charge in [-0.05, 0) is 31.0 Å². The minimum absolute atomic E-state index is 0.153. The van der Waals surface area contributed by atoms with Gasteiger partial charge in [0.2, 0.25) is 5.91 Å². The molecule has 1 amide bonds. The van der Waals surface area contributed by atoms with Crippen molar-refractivity contribution in [2.24, 2.45) is 5.41 Å². The van der Waals surface area contributed by atoms with Gasteiger partial charge in [-0.25, -0.2) is 0 Å². The second-order valence-corrected chi connectivity index (χ2v) is 5.22. The Hall–Kier alpha value is -1.71.